The van der Waals surface area contributed by atoms with Crippen molar-refractivity contribution in [3.05, 3.63) is 217 Å². The molecular formula is C57H40N2O. The fourth-order valence-electron chi connectivity index (χ4n) is 9.87. The van der Waals surface area contributed by atoms with Gasteiger partial charge < -0.3 is 13.9 Å². The molecule has 2 aromatic heterocycles. The molecule has 0 fully saturated rings. The number of rotatable bonds is 6. The molecule has 284 valence electrons. The molecule has 60 heavy (non-hydrogen) atoms. The van der Waals surface area contributed by atoms with Crippen molar-refractivity contribution >= 4 is 60.8 Å². The van der Waals surface area contributed by atoms with Gasteiger partial charge in [0.25, 0.3) is 0 Å². The largest absolute Gasteiger partial charge is 0.456 e. The number of hydrogen-bond acceptors (Lipinski definition) is 2. The second-order valence-corrected chi connectivity index (χ2v) is 16.5. The van der Waals surface area contributed by atoms with Crippen LogP contribution in [0.5, 0.6) is 0 Å². The highest BCUT2D eigenvalue weighted by Gasteiger charge is 2.35. The van der Waals surface area contributed by atoms with E-state index in [0.717, 1.165) is 50.3 Å². The molecule has 0 N–H and O–H groups in total. The molecule has 0 bridgehead atoms. The number of fused-ring (bicyclic) bond motifs is 9. The lowest BCUT2D eigenvalue weighted by atomic mass is 9.81. The smallest absolute Gasteiger partial charge is 0.137 e. The Hall–Kier alpha value is -7.62. The van der Waals surface area contributed by atoms with Gasteiger partial charge in [0.1, 0.15) is 11.2 Å². The van der Waals surface area contributed by atoms with Crippen LogP contribution in [0.4, 0.5) is 17.1 Å². The number of para-hydroxylation sites is 3. The van der Waals surface area contributed by atoms with Gasteiger partial charge in [-0.25, -0.2) is 0 Å². The Morgan fingerprint density at radius 1 is 0.417 bits per heavy atom. The van der Waals surface area contributed by atoms with Crippen LogP contribution in [0.2, 0.25) is 0 Å². The van der Waals surface area contributed by atoms with Crippen LogP contribution in [0.3, 0.4) is 0 Å². The zero-order chi connectivity index (χ0) is 40.0. The molecule has 0 radical (unpaired) electrons. The number of furan rings is 1. The van der Waals surface area contributed by atoms with Gasteiger partial charge in [-0.1, -0.05) is 135 Å². The summed E-state index contributed by atoms with van der Waals surface area (Å²) in [7, 11) is 0. The second kappa shape index (κ2) is 13.2. The van der Waals surface area contributed by atoms with E-state index in [9.17, 15) is 0 Å². The molecule has 0 spiro atoms. The van der Waals surface area contributed by atoms with Crippen LogP contribution >= 0.6 is 0 Å². The van der Waals surface area contributed by atoms with Crippen LogP contribution < -0.4 is 4.90 Å². The van der Waals surface area contributed by atoms with Gasteiger partial charge in [-0.05, 0) is 129 Å². The van der Waals surface area contributed by atoms with Gasteiger partial charge in [0.15, 0.2) is 0 Å². The highest BCUT2D eigenvalue weighted by Crippen LogP contribution is 2.50. The minimum atomic E-state index is -0.0482. The fourth-order valence-corrected chi connectivity index (χ4v) is 9.87. The Labute approximate surface area is 349 Å². The summed E-state index contributed by atoms with van der Waals surface area (Å²) in [5.41, 5.74) is 18.7. The van der Waals surface area contributed by atoms with E-state index in [4.69, 9.17) is 4.42 Å². The summed E-state index contributed by atoms with van der Waals surface area (Å²) in [6.07, 6.45) is 0. The Morgan fingerprint density at radius 2 is 1.03 bits per heavy atom. The second-order valence-electron chi connectivity index (χ2n) is 16.5. The Morgan fingerprint density at radius 3 is 1.87 bits per heavy atom. The molecule has 2 heterocycles. The molecule has 0 aliphatic heterocycles. The van der Waals surface area contributed by atoms with Gasteiger partial charge in [0.2, 0.25) is 0 Å². The zero-order valence-corrected chi connectivity index (χ0v) is 33.4. The maximum Gasteiger partial charge on any atom is 0.137 e. The molecule has 1 aliphatic carbocycles. The van der Waals surface area contributed by atoms with E-state index in [0.29, 0.717) is 0 Å². The number of nitrogens with zero attached hydrogens (tertiary/aromatic N) is 2. The molecule has 0 saturated heterocycles. The quantitative estimate of drug-likeness (QED) is 0.168. The van der Waals surface area contributed by atoms with Crippen molar-refractivity contribution < 1.29 is 4.42 Å². The first-order chi connectivity index (χ1) is 29.5. The molecule has 9 aromatic carbocycles. The predicted molar refractivity (Wildman–Crippen MR) is 251 cm³/mol. The predicted octanol–water partition coefficient (Wildman–Crippen LogP) is 15.8. The summed E-state index contributed by atoms with van der Waals surface area (Å²) in [4.78, 5) is 2.36. The summed E-state index contributed by atoms with van der Waals surface area (Å²) in [6, 6.07) is 74.7. The first kappa shape index (κ1) is 34.4. The van der Waals surface area contributed by atoms with E-state index < -0.39 is 0 Å². The SMILES string of the molecule is CC1(C)c2ccccc2-c2ccc(-c3ccc(N(c4ccccc4)c4cccc5oc6ccc(-c7ccc8c(c7)c7ccccc7n8-c7ccccc7)cc6c45)cc3)cc21. The van der Waals surface area contributed by atoms with Crippen LogP contribution in [0.15, 0.2) is 211 Å². The highest BCUT2D eigenvalue weighted by molar-refractivity contribution is 6.15. The first-order valence-corrected chi connectivity index (χ1v) is 20.8. The van der Waals surface area contributed by atoms with Crippen molar-refractivity contribution in [2.45, 2.75) is 19.3 Å². The molecule has 12 rings (SSSR count). The Kier molecular flexibility index (Phi) is 7.58. The topological polar surface area (TPSA) is 21.3 Å². The average molecular weight is 769 g/mol. The normalized spacial score (nSPS) is 13.0. The van der Waals surface area contributed by atoms with E-state index in [1.165, 1.54) is 60.8 Å². The van der Waals surface area contributed by atoms with Gasteiger partial charge >= 0.3 is 0 Å². The Balaban J connectivity index is 0.970. The van der Waals surface area contributed by atoms with Gasteiger partial charge in [-0.3, -0.25) is 0 Å². The summed E-state index contributed by atoms with van der Waals surface area (Å²) < 4.78 is 8.97. The molecule has 0 amide bonds. The van der Waals surface area contributed by atoms with Crippen molar-refractivity contribution in [1.29, 1.82) is 0 Å². The van der Waals surface area contributed by atoms with E-state index in [1.54, 1.807) is 0 Å². The number of anilines is 3. The maximum atomic E-state index is 6.61. The number of benzene rings is 9. The van der Waals surface area contributed by atoms with E-state index >= 15 is 0 Å². The first-order valence-electron chi connectivity index (χ1n) is 20.8. The standard InChI is InChI=1S/C57H40N2O/c1-57(2)49-20-11-9-18-44(49)45-31-26-40(36-50(45)57)37-24-29-43(30-25-37)58(41-14-5-3-6-15-41)53-22-13-23-55-56(53)48-35-39(28-33-54(48)60-55)38-27-32-52-47(34-38)46-19-10-12-21-51(46)59(52)42-16-7-4-8-17-42/h3-36H,1-2H3. The van der Waals surface area contributed by atoms with Crippen molar-refractivity contribution in [2.24, 2.45) is 0 Å². The summed E-state index contributed by atoms with van der Waals surface area (Å²) in [6.45, 7) is 4.69. The minimum Gasteiger partial charge on any atom is -0.456 e. The van der Waals surface area contributed by atoms with Crippen LogP contribution in [-0.2, 0) is 5.41 Å². The van der Waals surface area contributed by atoms with Crippen molar-refractivity contribution in [3.8, 4) is 39.1 Å². The highest BCUT2D eigenvalue weighted by atomic mass is 16.3. The molecule has 11 aromatic rings. The third kappa shape index (κ3) is 5.22. The zero-order valence-electron chi connectivity index (χ0n) is 33.4. The van der Waals surface area contributed by atoms with E-state index in [-0.39, 0.29) is 5.41 Å². The summed E-state index contributed by atoms with van der Waals surface area (Å²) >= 11 is 0. The molecule has 0 unspecified atom stereocenters. The van der Waals surface area contributed by atoms with Crippen LogP contribution in [0.25, 0.3) is 82.8 Å². The van der Waals surface area contributed by atoms with Crippen LogP contribution in [0.1, 0.15) is 25.0 Å². The lowest BCUT2D eigenvalue weighted by Gasteiger charge is -2.26. The molecule has 3 nitrogen and oxygen atoms in total. The minimum absolute atomic E-state index is 0.0482. The molecule has 0 saturated carbocycles. The number of hydrogen-bond donors (Lipinski definition) is 0. The third-order valence-corrected chi connectivity index (χ3v) is 12.8. The number of aromatic nitrogens is 1. The Bertz CT molecular complexity index is 3450. The van der Waals surface area contributed by atoms with Crippen molar-refractivity contribution in [1.82, 2.24) is 4.57 Å². The molecular weight excluding hydrogens is 729 g/mol. The van der Waals surface area contributed by atoms with Crippen molar-refractivity contribution in [3.63, 3.8) is 0 Å². The van der Waals surface area contributed by atoms with Gasteiger partial charge in [0.05, 0.1) is 22.1 Å². The lowest BCUT2D eigenvalue weighted by Crippen LogP contribution is -2.14. The van der Waals surface area contributed by atoms with Crippen molar-refractivity contribution in [2.75, 3.05) is 4.90 Å². The fraction of sp³-hybridized carbons (Fsp3) is 0.0526. The molecule has 0 atom stereocenters. The van der Waals surface area contributed by atoms with Crippen LogP contribution in [0, 0.1) is 0 Å². The third-order valence-electron chi connectivity index (χ3n) is 12.8. The van der Waals surface area contributed by atoms with E-state index in [1.807, 2.05) is 0 Å². The average Bonchev–Trinajstić information content (AvgIpc) is 3.92. The summed E-state index contributed by atoms with van der Waals surface area (Å²) in [5.74, 6) is 0. The van der Waals surface area contributed by atoms with E-state index in [2.05, 4.69) is 230 Å². The van der Waals surface area contributed by atoms with Gasteiger partial charge in [-0.2, -0.15) is 0 Å². The maximum absolute atomic E-state index is 6.61. The molecule has 1 aliphatic rings. The van der Waals surface area contributed by atoms with Gasteiger partial charge in [0, 0.05) is 38.6 Å². The summed E-state index contributed by atoms with van der Waals surface area (Å²) in [5, 5.41) is 4.65. The molecule has 3 heteroatoms. The monoisotopic (exact) mass is 768 g/mol. The lowest BCUT2D eigenvalue weighted by molar-refractivity contribution is 0.660. The van der Waals surface area contributed by atoms with Crippen LogP contribution in [-0.4, -0.2) is 4.57 Å². The van der Waals surface area contributed by atoms with Gasteiger partial charge in [-0.15, -0.1) is 0 Å².